The number of fused-ring (bicyclic) bond motifs is 1. The summed E-state index contributed by atoms with van der Waals surface area (Å²) in [6.45, 7) is 0. The predicted octanol–water partition coefficient (Wildman–Crippen LogP) is 2.67. The predicted molar refractivity (Wildman–Crippen MR) is 81.9 cm³/mol. The SMILES string of the molecule is COc1ccc(Nc2ccc(N)c3ncnc(O)c23)cc1. The van der Waals surface area contributed by atoms with Crippen molar-refractivity contribution in [3.8, 4) is 11.6 Å². The van der Waals surface area contributed by atoms with Crippen LogP contribution in [0.4, 0.5) is 17.1 Å². The van der Waals surface area contributed by atoms with Crippen LogP contribution in [-0.4, -0.2) is 22.2 Å². The lowest BCUT2D eigenvalue weighted by Gasteiger charge is -2.11. The zero-order valence-electron chi connectivity index (χ0n) is 11.4. The van der Waals surface area contributed by atoms with Gasteiger partial charge in [-0.05, 0) is 36.4 Å². The van der Waals surface area contributed by atoms with Crippen molar-refractivity contribution in [3.05, 3.63) is 42.7 Å². The summed E-state index contributed by atoms with van der Waals surface area (Å²) >= 11 is 0. The molecule has 0 aliphatic heterocycles. The molecule has 21 heavy (non-hydrogen) atoms. The Balaban J connectivity index is 2.06. The molecule has 0 aliphatic rings. The molecule has 1 heterocycles. The molecule has 0 saturated carbocycles. The van der Waals surface area contributed by atoms with E-state index in [1.807, 2.05) is 24.3 Å². The van der Waals surface area contributed by atoms with Crippen molar-refractivity contribution in [2.75, 3.05) is 18.2 Å². The van der Waals surface area contributed by atoms with Gasteiger partial charge in [0.1, 0.15) is 17.6 Å². The molecule has 3 rings (SSSR count). The molecule has 2 aromatic carbocycles. The first-order valence-electron chi connectivity index (χ1n) is 6.32. The molecule has 0 bridgehead atoms. The molecular formula is C15H14N4O2. The van der Waals surface area contributed by atoms with Gasteiger partial charge in [0.05, 0.1) is 23.9 Å². The molecule has 0 saturated heterocycles. The first kappa shape index (κ1) is 13.0. The number of nitrogens with zero attached hydrogens (tertiary/aromatic N) is 2. The Kier molecular flexibility index (Phi) is 3.19. The van der Waals surface area contributed by atoms with Crippen molar-refractivity contribution in [1.29, 1.82) is 0 Å². The van der Waals surface area contributed by atoms with Crippen LogP contribution in [0.15, 0.2) is 42.7 Å². The van der Waals surface area contributed by atoms with Gasteiger partial charge in [0.25, 0.3) is 0 Å². The van der Waals surface area contributed by atoms with Crippen LogP contribution in [0.25, 0.3) is 10.9 Å². The number of aromatic hydroxyl groups is 1. The number of hydrogen-bond acceptors (Lipinski definition) is 6. The summed E-state index contributed by atoms with van der Waals surface area (Å²) in [6, 6.07) is 11.0. The Hall–Kier alpha value is -3.02. The first-order valence-corrected chi connectivity index (χ1v) is 6.32. The van der Waals surface area contributed by atoms with E-state index in [1.54, 1.807) is 19.2 Å². The second kappa shape index (κ2) is 5.16. The molecule has 3 aromatic rings. The monoisotopic (exact) mass is 282 g/mol. The van der Waals surface area contributed by atoms with Gasteiger partial charge in [0, 0.05) is 5.69 Å². The average Bonchev–Trinajstić information content (AvgIpc) is 2.51. The van der Waals surface area contributed by atoms with Gasteiger partial charge < -0.3 is 20.9 Å². The van der Waals surface area contributed by atoms with Crippen LogP contribution in [0, 0.1) is 0 Å². The molecule has 4 N–H and O–H groups in total. The maximum Gasteiger partial charge on any atom is 0.224 e. The van der Waals surface area contributed by atoms with Gasteiger partial charge in [-0.15, -0.1) is 0 Å². The highest BCUT2D eigenvalue weighted by Crippen LogP contribution is 2.33. The van der Waals surface area contributed by atoms with E-state index in [9.17, 15) is 5.11 Å². The number of rotatable bonds is 3. The molecule has 0 aliphatic carbocycles. The summed E-state index contributed by atoms with van der Waals surface area (Å²) in [4.78, 5) is 7.92. The second-order valence-electron chi connectivity index (χ2n) is 4.48. The smallest absolute Gasteiger partial charge is 0.224 e. The highest BCUT2D eigenvalue weighted by molar-refractivity contribution is 6.02. The molecule has 0 unspecified atom stereocenters. The zero-order valence-corrected chi connectivity index (χ0v) is 11.4. The topological polar surface area (TPSA) is 93.3 Å². The summed E-state index contributed by atoms with van der Waals surface area (Å²) < 4.78 is 5.12. The van der Waals surface area contributed by atoms with Gasteiger partial charge in [0.15, 0.2) is 0 Å². The van der Waals surface area contributed by atoms with Crippen molar-refractivity contribution in [3.63, 3.8) is 0 Å². The lowest BCUT2D eigenvalue weighted by atomic mass is 10.1. The molecule has 0 radical (unpaired) electrons. The molecule has 6 heteroatoms. The van der Waals surface area contributed by atoms with E-state index in [1.165, 1.54) is 6.33 Å². The van der Waals surface area contributed by atoms with Gasteiger partial charge in [-0.3, -0.25) is 0 Å². The largest absolute Gasteiger partial charge is 0.497 e. The van der Waals surface area contributed by atoms with Crippen LogP contribution in [0.1, 0.15) is 0 Å². The third kappa shape index (κ3) is 2.38. The third-order valence-electron chi connectivity index (χ3n) is 3.17. The Morgan fingerprint density at radius 2 is 1.86 bits per heavy atom. The molecule has 106 valence electrons. The highest BCUT2D eigenvalue weighted by atomic mass is 16.5. The maximum absolute atomic E-state index is 9.97. The minimum Gasteiger partial charge on any atom is -0.497 e. The molecule has 0 spiro atoms. The minimum atomic E-state index is -0.108. The first-order chi connectivity index (χ1) is 10.2. The molecule has 0 atom stereocenters. The Bertz CT molecular complexity index is 788. The third-order valence-corrected chi connectivity index (χ3v) is 3.17. The Labute approximate surface area is 121 Å². The van der Waals surface area contributed by atoms with Gasteiger partial charge >= 0.3 is 0 Å². The molecular weight excluding hydrogens is 268 g/mol. The van der Waals surface area contributed by atoms with Crippen molar-refractivity contribution in [2.45, 2.75) is 0 Å². The summed E-state index contributed by atoms with van der Waals surface area (Å²) in [5.41, 5.74) is 8.42. The minimum absolute atomic E-state index is 0.108. The van der Waals surface area contributed by atoms with Crippen molar-refractivity contribution in [2.24, 2.45) is 0 Å². The fourth-order valence-electron chi connectivity index (χ4n) is 2.11. The van der Waals surface area contributed by atoms with Crippen LogP contribution in [-0.2, 0) is 0 Å². The van der Waals surface area contributed by atoms with Gasteiger partial charge in [-0.25, -0.2) is 9.97 Å². The molecule has 1 aromatic heterocycles. The number of nitrogens with two attached hydrogens (primary N) is 1. The number of nitrogen functional groups attached to an aromatic ring is 1. The number of benzene rings is 2. The van der Waals surface area contributed by atoms with Gasteiger partial charge in [0.2, 0.25) is 5.88 Å². The fourth-order valence-corrected chi connectivity index (χ4v) is 2.11. The zero-order chi connectivity index (χ0) is 14.8. The van der Waals surface area contributed by atoms with E-state index in [0.29, 0.717) is 22.3 Å². The highest BCUT2D eigenvalue weighted by Gasteiger charge is 2.11. The summed E-state index contributed by atoms with van der Waals surface area (Å²) in [6.07, 6.45) is 1.28. The van der Waals surface area contributed by atoms with E-state index in [-0.39, 0.29) is 5.88 Å². The summed E-state index contributed by atoms with van der Waals surface area (Å²) in [5, 5.41) is 13.7. The van der Waals surface area contributed by atoms with E-state index >= 15 is 0 Å². The number of anilines is 3. The molecule has 0 fully saturated rings. The number of methoxy groups -OCH3 is 1. The second-order valence-corrected chi connectivity index (χ2v) is 4.48. The number of hydrogen-bond donors (Lipinski definition) is 3. The van der Waals surface area contributed by atoms with Crippen molar-refractivity contribution in [1.82, 2.24) is 9.97 Å². The Morgan fingerprint density at radius 3 is 2.57 bits per heavy atom. The quantitative estimate of drug-likeness (QED) is 0.639. The lowest BCUT2D eigenvalue weighted by molar-refractivity contribution is 0.415. The van der Waals surface area contributed by atoms with Crippen LogP contribution in [0.2, 0.25) is 0 Å². The van der Waals surface area contributed by atoms with Crippen molar-refractivity contribution < 1.29 is 9.84 Å². The molecule has 6 nitrogen and oxygen atoms in total. The van der Waals surface area contributed by atoms with Crippen LogP contribution in [0.5, 0.6) is 11.6 Å². The molecule has 0 amide bonds. The Morgan fingerprint density at radius 1 is 1.10 bits per heavy atom. The van der Waals surface area contributed by atoms with E-state index in [2.05, 4.69) is 15.3 Å². The van der Waals surface area contributed by atoms with E-state index in [4.69, 9.17) is 10.5 Å². The number of nitrogens with one attached hydrogen (secondary N) is 1. The van der Waals surface area contributed by atoms with E-state index in [0.717, 1.165) is 11.4 Å². The maximum atomic E-state index is 9.97. The van der Waals surface area contributed by atoms with Crippen LogP contribution in [0.3, 0.4) is 0 Å². The standard InChI is InChI=1S/C15H14N4O2/c1-21-10-4-2-9(3-5-10)19-12-7-6-11(16)14-13(12)15(20)18-8-17-14/h2-8,19H,16H2,1H3,(H,17,18,20). The normalized spacial score (nSPS) is 10.5. The van der Waals surface area contributed by atoms with Gasteiger partial charge in [-0.2, -0.15) is 0 Å². The number of ether oxygens (including phenoxy) is 1. The van der Waals surface area contributed by atoms with Crippen LogP contribution < -0.4 is 15.8 Å². The van der Waals surface area contributed by atoms with E-state index < -0.39 is 0 Å². The number of aromatic nitrogens is 2. The van der Waals surface area contributed by atoms with Crippen molar-refractivity contribution >= 4 is 28.0 Å². The van der Waals surface area contributed by atoms with Gasteiger partial charge in [-0.1, -0.05) is 0 Å². The lowest BCUT2D eigenvalue weighted by Crippen LogP contribution is -1.97. The summed E-state index contributed by atoms with van der Waals surface area (Å²) in [5.74, 6) is 0.664. The van der Waals surface area contributed by atoms with Crippen LogP contribution >= 0.6 is 0 Å². The fraction of sp³-hybridized carbons (Fsp3) is 0.0667. The average molecular weight is 282 g/mol. The summed E-state index contributed by atoms with van der Waals surface area (Å²) in [7, 11) is 1.62.